The SMILES string of the molecule is Nc1cc(C(F)(F)F)cc(Oc2cc(F)ccc2Br)n1. The molecule has 0 fully saturated rings. The number of aromatic nitrogens is 1. The minimum Gasteiger partial charge on any atom is -0.438 e. The number of nitrogen functional groups attached to an aromatic ring is 1. The van der Waals surface area contributed by atoms with Crippen molar-refractivity contribution in [3.05, 3.63) is 46.2 Å². The van der Waals surface area contributed by atoms with E-state index in [4.69, 9.17) is 10.5 Å². The van der Waals surface area contributed by atoms with Crippen molar-refractivity contribution in [3.8, 4) is 11.6 Å². The fraction of sp³-hybridized carbons (Fsp3) is 0.0833. The van der Waals surface area contributed by atoms with E-state index in [1.807, 2.05) is 0 Å². The van der Waals surface area contributed by atoms with Crippen LogP contribution in [0.3, 0.4) is 0 Å². The van der Waals surface area contributed by atoms with Crippen LogP contribution in [-0.4, -0.2) is 4.98 Å². The van der Waals surface area contributed by atoms with Gasteiger partial charge < -0.3 is 10.5 Å². The zero-order chi connectivity index (χ0) is 14.9. The van der Waals surface area contributed by atoms with Crippen LogP contribution in [0.1, 0.15) is 5.56 Å². The molecule has 0 aliphatic rings. The third-order valence-corrected chi connectivity index (χ3v) is 2.91. The second-order valence-electron chi connectivity index (χ2n) is 3.79. The molecule has 0 saturated carbocycles. The van der Waals surface area contributed by atoms with Crippen LogP contribution in [0.25, 0.3) is 0 Å². The van der Waals surface area contributed by atoms with Gasteiger partial charge in [0.1, 0.15) is 17.4 Å². The first-order chi connectivity index (χ1) is 9.25. The highest BCUT2D eigenvalue weighted by Gasteiger charge is 2.31. The smallest absolute Gasteiger partial charge is 0.416 e. The summed E-state index contributed by atoms with van der Waals surface area (Å²) in [5.74, 6) is -1.31. The van der Waals surface area contributed by atoms with Gasteiger partial charge in [-0.3, -0.25) is 0 Å². The average molecular weight is 351 g/mol. The van der Waals surface area contributed by atoms with Crippen LogP contribution < -0.4 is 10.5 Å². The van der Waals surface area contributed by atoms with Crippen molar-refractivity contribution in [1.82, 2.24) is 4.98 Å². The van der Waals surface area contributed by atoms with Gasteiger partial charge >= 0.3 is 6.18 Å². The van der Waals surface area contributed by atoms with E-state index in [-0.39, 0.29) is 17.4 Å². The molecule has 0 saturated heterocycles. The largest absolute Gasteiger partial charge is 0.438 e. The predicted molar refractivity (Wildman–Crippen MR) is 67.8 cm³/mol. The summed E-state index contributed by atoms with van der Waals surface area (Å²) in [5, 5.41) is 0. The lowest BCUT2D eigenvalue weighted by Gasteiger charge is -2.11. The Balaban J connectivity index is 2.39. The molecule has 0 unspecified atom stereocenters. The summed E-state index contributed by atoms with van der Waals surface area (Å²) < 4.78 is 56.4. The predicted octanol–water partition coefficient (Wildman–Crippen LogP) is 4.38. The van der Waals surface area contributed by atoms with Gasteiger partial charge in [-0.15, -0.1) is 0 Å². The molecular formula is C12H7BrF4N2O. The average Bonchev–Trinajstić information content (AvgIpc) is 2.32. The number of nitrogens with zero attached hydrogens (tertiary/aromatic N) is 1. The highest BCUT2D eigenvalue weighted by Crippen LogP contribution is 2.35. The maximum Gasteiger partial charge on any atom is 0.416 e. The second kappa shape index (κ2) is 5.28. The normalized spacial score (nSPS) is 11.4. The van der Waals surface area contributed by atoms with E-state index < -0.39 is 17.6 Å². The molecule has 0 radical (unpaired) electrons. The standard InChI is InChI=1S/C12H7BrF4N2O/c13-8-2-1-7(14)5-9(8)20-11-4-6(12(15,16)17)3-10(18)19-11/h1-5H,(H2,18,19). The monoisotopic (exact) mass is 350 g/mol. The zero-order valence-electron chi connectivity index (χ0n) is 9.71. The molecule has 0 bridgehead atoms. The Morgan fingerprint density at radius 2 is 1.85 bits per heavy atom. The second-order valence-corrected chi connectivity index (χ2v) is 4.65. The molecule has 1 aromatic heterocycles. The van der Waals surface area contributed by atoms with Crippen molar-refractivity contribution in [2.24, 2.45) is 0 Å². The molecule has 106 valence electrons. The van der Waals surface area contributed by atoms with Crippen molar-refractivity contribution >= 4 is 21.7 Å². The quantitative estimate of drug-likeness (QED) is 0.817. The first kappa shape index (κ1) is 14.6. The van der Waals surface area contributed by atoms with Gasteiger partial charge in [-0.1, -0.05) is 0 Å². The van der Waals surface area contributed by atoms with Gasteiger partial charge in [0.15, 0.2) is 0 Å². The van der Waals surface area contributed by atoms with E-state index in [1.54, 1.807) is 0 Å². The maximum absolute atomic E-state index is 13.1. The summed E-state index contributed by atoms with van der Waals surface area (Å²) in [6, 6.07) is 4.93. The Bertz CT molecular complexity index is 646. The first-order valence-electron chi connectivity index (χ1n) is 5.23. The van der Waals surface area contributed by atoms with Gasteiger partial charge in [0.25, 0.3) is 0 Å². The number of benzene rings is 1. The molecular weight excluding hydrogens is 344 g/mol. The number of ether oxygens (including phenoxy) is 1. The van der Waals surface area contributed by atoms with Crippen LogP contribution in [0.2, 0.25) is 0 Å². The summed E-state index contributed by atoms with van der Waals surface area (Å²) in [4.78, 5) is 3.63. The number of halogens is 5. The number of nitrogens with two attached hydrogens (primary N) is 1. The third kappa shape index (κ3) is 3.38. The van der Waals surface area contributed by atoms with Crippen molar-refractivity contribution in [1.29, 1.82) is 0 Å². The summed E-state index contributed by atoms with van der Waals surface area (Å²) >= 11 is 3.09. The summed E-state index contributed by atoms with van der Waals surface area (Å²) in [5.41, 5.74) is 4.31. The van der Waals surface area contributed by atoms with Gasteiger partial charge in [-0.25, -0.2) is 4.39 Å². The van der Waals surface area contributed by atoms with Gasteiger partial charge in [0.05, 0.1) is 10.0 Å². The Labute approximate surface area is 119 Å². The van der Waals surface area contributed by atoms with E-state index in [2.05, 4.69) is 20.9 Å². The number of pyridine rings is 1. The van der Waals surface area contributed by atoms with Crippen LogP contribution in [-0.2, 0) is 6.18 Å². The molecule has 20 heavy (non-hydrogen) atoms. The third-order valence-electron chi connectivity index (χ3n) is 2.26. The van der Waals surface area contributed by atoms with Gasteiger partial charge in [-0.2, -0.15) is 18.2 Å². The number of anilines is 1. The Morgan fingerprint density at radius 1 is 1.15 bits per heavy atom. The van der Waals surface area contributed by atoms with Crippen LogP contribution in [0.5, 0.6) is 11.6 Å². The minimum absolute atomic E-state index is 0.00350. The van der Waals surface area contributed by atoms with Gasteiger partial charge in [0, 0.05) is 12.1 Å². The lowest BCUT2D eigenvalue weighted by molar-refractivity contribution is -0.137. The molecule has 0 amide bonds. The number of rotatable bonds is 2. The Kier molecular flexibility index (Phi) is 3.85. The molecule has 0 atom stereocenters. The summed E-state index contributed by atoms with van der Waals surface area (Å²) in [6.45, 7) is 0. The van der Waals surface area contributed by atoms with E-state index >= 15 is 0 Å². The lowest BCUT2D eigenvalue weighted by Crippen LogP contribution is -2.07. The Hall–Kier alpha value is -1.83. The van der Waals surface area contributed by atoms with Crippen LogP contribution >= 0.6 is 15.9 Å². The molecule has 3 nitrogen and oxygen atoms in total. The van der Waals surface area contributed by atoms with Crippen molar-refractivity contribution in [2.75, 3.05) is 5.73 Å². The number of alkyl halides is 3. The minimum atomic E-state index is -4.58. The highest BCUT2D eigenvalue weighted by molar-refractivity contribution is 9.10. The molecule has 1 heterocycles. The van der Waals surface area contributed by atoms with Crippen LogP contribution in [0.15, 0.2) is 34.8 Å². The molecule has 0 spiro atoms. The molecule has 0 aliphatic heterocycles. The fourth-order valence-corrected chi connectivity index (χ4v) is 1.74. The van der Waals surface area contributed by atoms with E-state index in [0.717, 1.165) is 6.07 Å². The van der Waals surface area contributed by atoms with Crippen LogP contribution in [0.4, 0.5) is 23.4 Å². The highest BCUT2D eigenvalue weighted by atomic mass is 79.9. The van der Waals surface area contributed by atoms with E-state index in [0.29, 0.717) is 16.6 Å². The van der Waals surface area contributed by atoms with E-state index in [9.17, 15) is 17.6 Å². The van der Waals surface area contributed by atoms with Crippen molar-refractivity contribution in [2.45, 2.75) is 6.18 Å². The van der Waals surface area contributed by atoms with E-state index in [1.165, 1.54) is 12.1 Å². The van der Waals surface area contributed by atoms with Gasteiger partial charge in [0.2, 0.25) is 5.88 Å². The zero-order valence-corrected chi connectivity index (χ0v) is 11.3. The maximum atomic E-state index is 13.1. The molecule has 2 N–H and O–H groups in total. The molecule has 0 aliphatic carbocycles. The molecule has 8 heteroatoms. The first-order valence-corrected chi connectivity index (χ1v) is 6.02. The number of hydrogen-bond donors (Lipinski definition) is 1. The summed E-state index contributed by atoms with van der Waals surface area (Å²) in [6.07, 6.45) is -4.58. The topological polar surface area (TPSA) is 48.1 Å². The van der Waals surface area contributed by atoms with Crippen molar-refractivity contribution < 1.29 is 22.3 Å². The van der Waals surface area contributed by atoms with Crippen molar-refractivity contribution in [3.63, 3.8) is 0 Å². The molecule has 1 aromatic carbocycles. The summed E-state index contributed by atoms with van der Waals surface area (Å²) in [7, 11) is 0. The molecule has 2 rings (SSSR count). The fourth-order valence-electron chi connectivity index (χ4n) is 1.41. The Morgan fingerprint density at radius 3 is 2.50 bits per heavy atom. The molecule has 2 aromatic rings. The van der Waals surface area contributed by atoms with Gasteiger partial charge in [-0.05, 0) is 34.1 Å². The van der Waals surface area contributed by atoms with Crippen LogP contribution in [0, 0.1) is 5.82 Å². The lowest BCUT2D eigenvalue weighted by atomic mass is 10.2. The number of hydrogen-bond acceptors (Lipinski definition) is 3.